The van der Waals surface area contributed by atoms with E-state index >= 15 is 0 Å². The molecule has 116 valence electrons. The van der Waals surface area contributed by atoms with E-state index in [1.807, 2.05) is 32.2 Å². The summed E-state index contributed by atoms with van der Waals surface area (Å²) in [4.78, 5) is 14.5. The molecule has 2 rings (SSSR count). The first kappa shape index (κ1) is 16.5. The Morgan fingerprint density at radius 1 is 1.43 bits per heavy atom. The van der Waals surface area contributed by atoms with E-state index in [9.17, 15) is 4.79 Å². The predicted octanol–water partition coefficient (Wildman–Crippen LogP) is 2.77. The molecule has 1 unspecified atom stereocenters. The molecule has 5 heteroatoms. The minimum absolute atomic E-state index is 0.0692. The number of likely N-dealkylation sites (N-methyl/N-ethyl adjacent to an activating group) is 1. The number of hydrogen-bond acceptors (Lipinski definition) is 3. The van der Waals surface area contributed by atoms with Crippen molar-refractivity contribution in [1.82, 2.24) is 10.2 Å². The Balaban J connectivity index is 1.92. The second-order valence-corrected chi connectivity index (χ2v) is 6.54. The first-order valence-corrected chi connectivity index (χ1v) is 8.34. The first-order valence-electron chi connectivity index (χ1n) is 7.55. The number of carbonyl (C=O) groups excluding carboxylic acids is 1. The Labute approximate surface area is 135 Å². The number of amides is 1. The van der Waals surface area contributed by atoms with Gasteiger partial charge in [-0.3, -0.25) is 9.69 Å². The van der Waals surface area contributed by atoms with Crippen molar-refractivity contribution in [2.75, 3.05) is 32.0 Å². The smallest absolute Gasteiger partial charge is 0.238 e. The molecule has 0 spiro atoms. The van der Waals surface area contributed by atoms with Gasteiger partial charge < -0.3 is 10.6 Å². The molecule has 1 aromatic rings. The lowest BCUT2D eigenvalue weighted by atomic mass is 10.0. The van der Waals surface area contributed by atoms with Gasteiger partial charge in [0, 0.05) is 22.7 Å². The summed E-state index contributed by atoms with van der Waals surface area (Å²) in [6.07, 6.45) is 3.62. The average Bonchev–Trinajstić information content (AvgIpc) is 2.45. The van der Waals surface area contributed by atoms with E-state index in [1.165, 1.54) is 19.3 Å². The van der Waals surface area contributed by atoms with Crippen molar-refractivity contribution in [3.8, 4) is 0 Å². The van der Waals surface area contributed by atoms with Crippen molar-refractivity contribution in [1.29, 1.82) is 0 Å². The third-order valence-electron chi connectivity index (χ3n) is 3.98. The van der Waals surface area contributed by atoms with E-state index in [4.69, 9.17) is 0 Å². The van der Waals surface area contributed by atoms with E-state index in [0.29, 0.717) is 12.6 Å². The molecule has 1 aliphatic rings. The topological polar surface area (TPSA) is 44.4 Å². The molecule has 1 aromatic carbocycles. The van der Waals surface area contributed by atoms with Crippen LogP contribution < -0.4 is 10.6 Å². The molecule has 0 saturated carbocycles. The number of benzene rings is 1. The Morgan fingerprint density at radius 3 is 2.95 bits per heavy atom. The molecule has 1 saturated heterocycles. The van der Waals surface area contributed by atoms with Crippen molar-refractivity contribution in [2.45, 2.75) is 32.2 Å². The summed E-state index contributed by atoms with van der Waals surface area (Å²) in [5.41, 5.74) is 1.99. The normalized spacial score (nSPS) is 19.5. The standard InChI is InChI=1S/C16H24BrN3O/c1-12-9-13(6-7-15(12)17)19-16(21)11-20-8-4-3-5-14(20)10-18-2/h6-7,9,14,18H,3-5,8,10-11H2,1-2H3,(H,19,21). The fraction of sp³-hybridized carbons (Fsp3) is 0.562. The van der Waals surface area contributed by atoms with Crippen LogP contribution in [0.15, 0.2) is 22.7 Å². The SMILES string of the molecule is CNCC1CCCCN1CC(=O)Nc1ccc(Br)c(C)c1. The van der Waals surface area contributed by atoms with Gasteiger partial charge in [-0.1, -0.05) is 22.4 Å². The lowest BCUT2D eigenvalue weighted by Crippen LogP contribution is -2.47. The van der Waals surface area contributed by atoms with Crippen LogP contribution in [0.4, 0.5) is 5.69 Å². The van der Waals surface area contributed by atoms with Gasteiger partial charge in [0.15, 0.2) is 0 Å². The summed E-state index contributed by atoms with van der Waals surface area (Å²) in [5, 5.41) is 6.22. The van der Waals surface area contributed by atoms with E-state index in [2.05, 4.69) is 31.5 Å². The number of nitrogens with zero attached hydrogens (tertiary/aromatic N) is 1. The molecule has 0 bridgehead atoms. The van der Waals surface area contributed by atoms with Crippen molar-refractivity contribution >= 4 is 27.5 Å². The Hall–Kier alpha value is -0.910. The second-order valence-electron chi connectivity index (χ2n) is 5.69. The third kappa shape index (κ3) is 4.80. The van der Waals surface area contributed by atoms with Gasteiger partial charge in [0.05, 0.1) is 6.54 Å². The maximum atomic E-state index is 12.2. The average molecular weight is 354 g/mol. The molecule has 1 atom stereocenters. The van der Waals surface area contributed by atoms with Crippen molar-refractivity contribution in [2.24, 2.45) is 0 Å². The number of rotatable bonds is 5. The molecule has 0 aromatic heterocycles. The van der Waals surface area contributed by atoms with Gasteiger partial charge in [0.1, 0.15) is 0 Å². The zero-order valence-corrected chi connectivity index (χ0v) is 14.4. The summed E-state index contributed by atoms with van der Waals surface area (Å²) in [6, 6.07) is 6.36. The number of carbonyl (C=O) groups is 1. The van der Waals surface area contributed by atoms with Gasteiger partial charge >= 0.3 is 0 Å². The molecule has 21 heavy (non-hydrogen) atoms. The Kier molecular flexibility index (Phi) is 6.21. The maximum Gasteiger partial charge on any atom is 0.238 e. The summed E-state index contributed by atoms with van der Waals surface area (Å²) in [6.45, 7) is 4.46. The number of halogens is 1. The van der Waals surface area contributed by atoms with Crippen LogP contribution in [0.25, 0.3) is 0 Å². The molecule has 2 N–H and O–H groups in total. The zero-order valence-electron chi connectivity index (χ0n) is 12.8. The minimum Gasteiger partial charge on any atom is -0.325 e. The van der Waals surface area contributed by atoms with E-state index in [-0.39, 0.29) is 5.91 Å². The Morgan fingerprint density at radius 2 is 2.24 bits per heavy atom. The highest BCUT2D eigenvalue weighted by atomic mass is 79.9. The van der Waals surface area contributed by atoms with Crippen LogP contribution in [0.1, 0.15) is 24.8 Å². The number of hydrogen-bond donors (Lipinski definition) is 2. The highest BCUT2D eigenvalue weighted by Crippen LogP contribution is 2.20. The van der Waals surface area contributed by atoms with Gasteiger partial charge in [0.25, 0.3) is 0 Å². The fourth-order valence-electron chi connectivity index (χ4n) is 2.84. The van der Waals surface area contributed by atoms with Crippen LogP contribution in [0.5, 0.6) is 0 Å². The van der Waals surface area contributed by atoms with E-state index in [1.54, 1.807) is 0 Å². The maximum absolute atomic E-state index is 12.2. The molecule has 1 fully saturated rings. The van der Waals surface area contributed by atoms with Crippen LogP contribution in [-0.4, -0.2) is 43.5 Å². The lowest BCUT2D eigenvalue weighted by Gasteiger charge is -2.35. The van der Waals surface area contributed by atoms with Gasteiger partial charge in [-0.15, -0.1) is 0 Å². The van der Waals surface area contributed by atoms with Gasteiger partial charge in [-0.25, -0.2) is 0 Å². The van der Waals surface area contributed by atoms with E-state index in [0.717, 1.165) is 28.8 Å². The van der Waals surface area contributed by atoms with Crippen LogP contribution in [0.3, 0.4) is 0 Å². The fourth-order valence-corrected chi connectivity index (χ4v) is 3.09. The van der Waals surface area contributed by atoms with Crippen LogP contribution in [0.2, 0.25) is 0 Å². The summed E-state index contributed by atoms with van der Waals surface area (Å²) < 4.78 is 1.06. The molecule has 4 nitrogen and oxygen atoms in total. The number of anilines is 1. The second kappa shape index (κ2) is 7.92. The molecule has 1 aliphatic heterocycles. The van der Waals surface area contributed by atoms with Gasteiger partial charge in [0.2, 0.25) is 5.91 Å². The number of aryl methyl sites for hydroxylation is 1. The first-order chi connectivity index (χ1) is 10.1. The largest absolute Gasteiger partial charge is 0.325 e. The van der Waals surface area contributed by atoms with E-state index < -0.39 is 0 Å². The summed E-state index contributed by atoms with van der Waals surface area (Å²) in [7, 11) is 1.97. The predicted molar refractivity (Wildman–Crippen MR) is 90.6 cm³/mol. The minimum atomic E-state index is 0.0692. The van der Waals surface area contributed by atoms with Gasteiger partial charge in [-0.05, 0) is 57.1 Å². The van der Waals surface area contributed by atoms with Crippen molar-refractivity contribution < 1.29 is 4.79 Å². The number of likely N-dealkylation sites (tertiary alicyclic amines) is 1. The molecular formula is C16H24BrN3O. The highest BCUT2D eigenvalue weighted by molar-refractivity contribution is 9.10. The monoisotopic (exact) mass is 353 g/mol. The van der Waals surface area contributed by atoms with Gasteiger partial charge in [-0.2, -0.15) is 0 Å². The highest BCUT2D eigenvalue weighted by Gasteiger charge is 2.23. The summed E-state index contributed by atoms with van der Waals surface area (Å²) in [5.74, 6) is 0.0692. The molecular weight excluding hydrogens is 330 g/mol. The third-order valence-corrected chi connectivity index (χ3v) is 4.87. The molecule has 1 amide bonds. The van der Waals surface area contributed by atoms with Crippen molar-refractivity contribution in [3.05, 3.63) is 28.2 Å². The lowest BCUT2D eigenvalue weighted by molar-refractivity contribution is -0.118. The zero-order chi connectivity index (χ0) is 15.2. The number of piperidine rings is 1. The van der Waals surface area contributed by atoms with Crippen LogP contribution in [0, 0.1) is 6.92 Å². The number of nitrogens with one attached hydrogen (secondary N) is 2. The van der Waals surface area contributed by atoms with Crippen LogP contribution in [-0.2, 0) is 4.79 Å². The van der Waals surface area contributed by atoms with Crippen molar-refractivity contribution in [3.63, 3.8) is 0 Å². The molecule has 0 radical (unpaired) electrons. The molecule has 0 aliphatic carbocycles. The molecule has 1 heterocycles. The summed E-state index contributed by atoms with van der Waals surface area (Å²) >= 11 is 3.47. The van der Waals surface area contributed by atoms with Crippen LogP contribution >= 0.6 is 15.9 Å². The Bertz CT molecular complexity index is 490. The quantitative estimate of drug-likeness (QED) is 0.855.